The lowest BCUT2D eigenvalue weighted by atomic mass is 10.2. The summed E-state index contributed by atoms with van der Waals surface area (Å²) in [5, 5.41) is 4.22. The first-order valence-electron chi connectivity index (χ1n) is 8.86. The number of amides is 1. The number of carbonyl (C=O) groups is 1. The van der Waals surface area contributed by atoms with E-state index in [1.807, 2.05) is 42.3 Å². The van der Waals surface area contributed by atoms with Crippen molar-refractivity contribution in [1.82, 2.24) is 14.7 Å². The van der Waals surface area contributed by atoms with Gasteiger partial charge in [-0.2, -0.15) is 5.10 Å². The summed E-state index contributed by atoms with van der Waals surface area (Å²) in [4.78, 5) is 14.6. The number of nitrogen functional groups attached to an aromatic ring is 1. The molecule has 2 N–H and O–H groups in total. The second-order valence-corrected chi connectivity index (χ2v) is 6.62. The Hall–Kier alpha value is -2.54. The van der Waals surface area contributed by atoms with Crippen LogP contribution in [0.4, 0.5) is 5.82 Å². The minimum atomic E-state index is 0.0465. The Labute approximate surface area is 153 Å². The summed E-state index contributed by atoms with van der Waals surface area (Å²) < 4.78 is 13.0. The number of para-hydroxylation sites is 1. The van der Waals surface area contributed by atoms with Crippen LogP contribution in [-0.4, -0.2) is 53.0 Å². The Morgan fingerprint density at radius 3 is 2.85 bits per heavy atom. The molecule has 0 radical (unpaired) electrons. The molecule has 0 spiro atoms. The molecule has 140 valence electrons. The van der Waals surface area contributed by atoms with Crippen molar-refractivity contribution in [1.29, 1.82) is 0 Å². The third kappa shape index (κ3) is 4.35. The van der Waals surface area contributed by atoms with Crippen molar-refractivity contribution in [2.45, 2.75) is 38.5 Å². The summed E-state index contributed by atoms with van der Waals surface area (Å²) in [5.41, 5.74) is 6.74. The van der Waals surface area contributed by atoms with Crippen LogP contribution < -0.4 is 10.5 Å². The summed E-state index contributed by atoms with van der Waals surface area (Å²) in [6.45, 7) is 3.56. The SMILES string of the molecule is CO[C@H]1C[C@@H](Cn2ccc(N)n2)N(C(=O)CCOc2ccccc2C)C1. The lowest BCUT2D eigenvalue weighted by Crippen LogP contribution is -2.39. The summed E-state index contributed by atoms with van der Waals surface area (Å²) in [5.74, 6) is 1.37. The molecular formula is C19H26N4O3. The minimum Gasteiger partial charge on any atom is -0.493 e. The fourth-order valence-electron chi connectivity index (χ4n) is 3.33. The molecule has 1 aromatic carbocycles. The highest BCUT2D eigenvalue weighted by molar-refractivity contribution is 5.77. The average Bonchev–Trinajstić information content (AvgIpc) is 3.23. The number of carbonyl (C=O) groups excluding carboxylic acids is 1. The van der Waals surface area contributed by atoms with Gasteiger partial charge in [-0.1, -0.05) is 18.2 Å². The Kier molecular flexibility index (Phi) is 5.78. The van der Waals surface area contributed by atoms with Crippen LogP contribution in [0.1, 0.15) is 18.4 Å². The van der Waals surface area contributed by atoms with Crippen molar-refractivity contribution in [3.05, 3.63) is 42.1 Å². The van der Waals surface area contributed by atoms with E-state index in [4.69, 9.17) is 15.2 Å². The molecule has 0 aliphatic carbocycles. The topological polar surface area (TPSA) is 82.6 Å². The van der Waals surface area contributed by atoms with E-state index >= 15 is 0 Å². The van der Waals surface area contributed by atoms with Gasteiger partial charge in [-0.3, -0.25) is 9.48 Å². The highest BCUT2D eigenvalue weighted by Crippen LogP contribution is 2.23. The maximum absolute atomic E-state index is 12.7. The van der Waals surface area contributed by atoms with Crippen molar-refractivity contribution in [2.24, 2.45) is 0 Å². The van der Waals surface area contributed by atoms with E-state index in [2.05, 4.69) is 5.10 Å². The lowest BCUT2D eigenvalue weighted by molar-refractivity contribution is -0.133. The standard InChI is InChI=1S/C19H26N4O3/c1-14-5-3-4-6-17(14)26-10-8-19(24)23-13-16(25-2)11-15(23)12-22-9-7-18(20)21-22/h3-7,9,15-16H,8,10-13H2,1-2H3,(H2,20,21)/t15-,16-/m0/s1. The number of aryl methyl sites for hydroxylation is 1. The van der Waals surface area contributed by atoms with E-state index in [-0.39, 0.29) is 18.1 Å². The number of anilines is 1. The Balaban J connectivity index is 1.57. The highest BCUT2D eigenvalue weighted by Gasteiger charge is 2.35. The maximum atomic E-state index is 12.7. The first kappa shape index (κ1) is 18.3. The van der Waals surface area contributed by atoms with Gasteiger partial charge in [0.1, 0.15) is 11.6 Å². The van der Waals surface area contributed by atoms with E-state index in [9.17, 15) is 4.79 Å². The van der Waals surface area contributed by atoms with Gasteiger partial charge in [-0.25, -0.2) is 0 Å². The number of ether oxygens (including phenoxy) is 2. The van der Waals surface area contributed by atoms with Crippen molar-refractivity contribution in [3.63, 3.8) is 0 Å². The van der Waals surface area contributed by atoms with Gasteiger partial charge in [0.25, 0.3) is 0 Å². The molecule has 7 heteroatoms. The van der Waals surface area contributed by atoms with E-state index in [1.54, 1.807) is 17.9 Å². The van der Waals surface area contributed by atoms with E-state index in [0.717, 1.165) is 17.7 Å². The molecular weight excluding hydrogens is 332 g/mol. The summed E-state index contributed by atoms with van der Waals surface area (Å²) in [7, 11) is 1.68. The maximum Gasteiger partial charge on any atom is 0.226 e. The lowest BCUT2D eigenvalue weighted by Gasteiger charge is -2.24. The van der Waals surface area contributed by atoms with E-state index in [1.165, 1.54) is 0 Å². The molecule has 0 unspecified atom stereocenters. The molecule has 2 atom stereocenters. The van der Waals surface area contributed by atoms with Gasteiger partial charge in [0.15, 0.2) is 0 Å². The van der Waals surface area contributed by atoms with Gasteiger partial charge in [0.05, 0.1) is 31.7 Å². The second-order valence-electron chi connectivity index (χ2n) is 6.62. The zero-order valence-electron chi connectivity index (χ0n) is 15.3. The van der Waals surface area contributed by atoms with Crippen LogP contribution >= 0.6 is 0 Å². The first-order valence-corrected chi connectivity index (χ1v) is 8.86. The van der Waals surface area contributed by atoms with E-state index in [0.29, 0.717) is 31.9 Å². The third-order valence-electron chi connectivity index (χ3n) is 4.76. The van der Waals surface area contributed by atoms with Gasteiger partial charge < -0.3 is 20.1 Å². The molecule has 1 saturated heterocycles. The molecule has 2 aromatic rings. The number of nitrogens with zero attached hydrogens (tertiary/aromatic N) is 3. The Morgan fingerprint density at radius 1 is 1.35 bits per heavy atom. The quantitative estimate of drug-likeness (QED) is 0.817. The molecule has 26 heavy (non-hydrogen) atoms. The predicted octanol–water partition coefficient (Wildman–Crippen LogP) is 1.86. The van der Waals surface area contributed by atoms with Crippen LogP contribution in [0.3, 0.4) is 0 Å². The van der Waals surface area contributed by atoms with Crippen molar-refractivity contribution < 1.29 is 14.3 Å². The number of benzene rings is 1. The molecule has 7 nitrogen and oxygen atoms in total. The van der Waals surface area contributed by atoms with Crippen LogP contribution in [0.15, 0.2) is 36.5 Å². The third-order valence-corrected chi connectivity index (χ3v) is 4.76. The van der Waals surface area contributed by atoms with Gasteiger partial charge in [0.2, 0.25) is 5.91 Å². The van der Waals surface area contributed by atoms with Crippen LogP contribution in [0, 0.1) is 6.92 Å². The van der Waals surface area contributed by atoms with Crippen molar-refractivity contribution in [2.75, 3.05) is 26.0 Å². The smallest absolute Gasteiger partial charge is 0.226 e. The van der Waals surface area contributed by atoms with Gasteiger partial charge in [0, 0.05) is 19.9 Å². The predicted molar refractivity (Wildman–Crippen MR) is 98.8 cm³/mol. The minimum absolute atomic E-state index is 0.0465. The monoisotopic (exact) mass is 358 g/mol. The van der Waals surface area contributed by atoms with Crippen molar-refractivity contribution >= 4 is 11.7 Å². The molecule has 3 rings (SSSR count). The van der Waals surface area contributed by atoms with Crippen LogP contribution in [-0.2, 0) is 16.1 Å². The molecule has 0 saturated carbocycles. The Bertz CT molecular complexity index is 746. The Morgan fingerprint density at radius 2 is 2.15 bits per heavy atom. The summed E-state index contributed by atoms with van der Waals surface area (Å²) in [6, 6.07) is 9.61. The highest BCUT2D eigenvalue weighted by atomic mass is 16.5. The fraction of sp³-hybridized carbons (Fsp3) is 0.474. The first-order chi connectivity index (χ1) is 12.6. The van der Waals surface area contributed by atoms with Gasteiger partial charge in [-0.15, -0.1) is 0 Å². The second kappa shape index (κ2) is 8.23. The number of rotatable bonds is 7. The zero-order valence-corrected chi connectivity index (χ0v) is 15.3. The van der Waals surface area contributed by atoms with Gasteiger partial charge in [-0.05, 0) is 31.0 Å². The van der Waals surface area contributed by atoms with Crippen LogP contribution in [0.5, 0.6) is 5.75 Å². The number of aromatic nitrogens is 2. The van der Waals surface area contributed by atoms with E-state index < -0.39 is 0 Å². The summed E-state index contributed by atoms with van der Waals surface area (Å²) in [6.07, 6.45) is 3.01. The molecule has 1 aromatic heterocycles. The number of nitrogens with two attached hydrogens (primary N) is 1. The number of likely N-dealkylation sites (tertiary alicyclic amines) is 1. The fourth-order valence-corrected chi connectivity index (χ4v) is 3.33. The largest absolute Gasteiger partial charge is 0.493 e. The molecule has 1 amide bonds. The number of hydrogen-bond acceptors (Lipinski definition) is 5. The number of hydrogen-bond donors (Lipinski definition) is 1. The van der Waals surface area contributed by atoms with Crippen molar-refractivity contribution in [3.8, 4) is 5.75 Å². The molecule has 1 aliphatic heterocycles. The molecule has 0 bridgehead atoms. The normalized spacial score (nSPS) is 19.7. The molecule has 2 heterocycles. The zero-order chi connectivity index (χ0) is 18.5. The average molecular weight is 358 g/mol. The van der Waals surface area contributed by atoms with Crippen LogP contribution in [0.25, 0.3) is 0 Å². The molecule has 1 aliphatic rings. The number of methoxy groups -OCH3 is 1. The van der Waals surface area contributed by atoms with Gasteiger partial charge >= 0.3 is 0 Å². The summed E-state index contributed by atoms with van der Waals surface area (Å²) >= 11 is 0. The molecule has 1 fully saturated rings. The van der Waals surface area contributed by atoms with Crippen LogP contribution in [0.2, 0.25) is 0 Å².